The lowest BCUT2D eigenvalue weighted by molar-refractivity contribution is -0.125. The lowest BCUT2D eigenvalue weighted by Gasteiger charge is -2.32. The van der Waals surface area contributed by atoms with Crippen molar-refractivity contribution in [3.05, 3.63) is 90.3 Å². The lowest BCUT2D eigenvalue weighted by Crippen LogP contribution is -2.44. The van der Waals surface area contributed by atoms with Gasteiger partial charge in [-0.2, -0.15) is 0 Å². The van der Waals surface area contributed by atoms with Crippen LogP contribution < -0.4 is 10.2 Å². The Bertz CT molecular complexity index is 878. The van der Waals surface area contributed by atoms with Crippen LogP contribution in [0.1, 0.15) is 36.3 Å². The summed E-state index contributed by atoms with van der Waals surface area (Å²) >= 11 is 0. The van der Waals surface area contributed by atoms with Crippen molar-refractivity contribution in [1.29, 1.82) is 0 Å². The van der Waals surface area contributed by atoms with Gasteiger partial charge in [0.25, 0.3) is 0 Å². The highest BCUT2D eigenvalue weighted by Gasteiger charge is 2.27. The summed E-state index contributed by atoms with van der Waals surface area (Å²) in [6, 6.07) is 22.9. The Labute approximate surface area is 178 Å². The standard InChI is InChI=1S/C25H28N4O/c30-24(22-13-7-18-29(19-22)25-27-15-8-16-28-25)26-17-14-23(20-9-3-1-4-10-20)21-11-5-2-6-12-21/h1-6,8-12,15-16,22-23H,7,13-14,17-19H2,(H,26,30)/t22-/m1/s1. The minimum atomic E-state index is -0.0190. The molecule has 3 aromatic rings. The molecule has 2 heterocycles. The predicted molar refractivity (Wildman–Crippen MR) is 119 cm³/mol. The predicted octanol–water partition coefficient (Wildman–Crippen LogP) is 4.03. The number of piperidine rings is 1. The highest BCUT2D eigenvalue weighted by Crippen LogP contribution is 2.27. The summed E-state index contributed by atoms with van der Waals surface area (Å²) in [6.45, 7) is 2.24. The van der Waals surface area contributed by atoms with Gasteiger partial charge in [-0.1, -0.05) is 60.7 Å². The van der Waals surface area contributed by atoms with E-state index >= 15 is 0 Å². The summed E-state index contributed by atoms with van der Waals surface area (Å²) in [5, 5.41) is 3.19. The molecule has 4 rings (SSSR count). The van der Waals surface area contributed by atoms with Crippen molar-refractivity contribution >= 4 is 11.9 Å². The van der Waals surface area contributed by atoms with Crippen LogP contribution in [0.3, 0.4) is 0 Å². The molecule has 1 fully saturated rings. The number of rotatable bonds is 7. The second-order valence-corrected chi connectivity index (χ2v) is 7.79. The minimum Gasteiger partial charge on any atom is -0.356 e. The summed E-state index contributed by atoms with van der Waals surface area (Å²) in [4.78, 5) is 23.6. The molecule has 0 radical (unpaired) electrons. The van der Waals surface area contributed by atoms with Gasteiger partial charge in [-0.05, 0) is 36.5 Å². The van der Waals surface area contributed by atoms with Crippen LogP contribution in [0.4, 0.5) is 5.95 Å². The fraction of sp³-hybridized carbons (Fsp3) is 0.320. The molecule has 2 aromatic carbocycles. The quantitative estimate of drug-likeness (QED) is 0.651. The third-order valence-corrected chi connectivity index (χ3v) is 5.76. The molecule has 5 heteroatoms. The van der Waals surface area contributed by atoms with Gasteiger partial charge in [0.15, 0.2) is 0 Å². The molecule has 5 nitrogen and oxygen atoms in total. The topological polar surface area (TPSA) is 58.1 Å². The van der Waals surface area contributed by atoms with Gasteiger partial charge in [0.2, 0.25) is 11.9 Å². The first-order valence-corrected chi connectivity index (χ1v) is 10.7. The fourth-order valence-corrected chi connectivity index (χ4v) is 4.21. The number of nitrogens with one attached hydrogen (secondary N) is 1. The smallest absolute Gasteiger partial charge is 0.225 e. The Morgan fingerprint density at radius 3 is 2.23 bits per heavy atom. The highest BCUT2D eigenvalue weighted by molar-refractivity contribution is 5.79. The third-order valence-electron chi connectivity index (χ3n) is 5.76. The number of hydrogen-bond donors (Lipinski definition) is 1. The Kier molecular flexibility index (Phi) is 6.70. The number of amides is 1. The van der Waals surface area contributed by atoms with E-state index < -0.39 is 0 Å². The van der Waals surface area contributed by atoms with Gasteiger partial charge in [0.1, 0.15) is 0 Å². The molecule has 0 aliphatic carbocycles. The monoisotopic (exact) mass is 400 g/mol. The Balaban J connectivity index is 1.35. The summed E-state index contributed by atoms with van der Waals surface area (Å²) in [6.07, 6.45) is 6.26. The van der Waals surface area contributed by atoms with Crippen molar-refractivity contribution < 1.29 is 4.79 Å². The number of nitrogens with zero attached hydrogens (tertiary/aromatic N) is 3. The SMILES string of the molecule is O=C(NCCC(c1ccccc1)c1ccccc1)[C@@H]1CCCN(c2ncccn2)C1. The number of anilines is 1. The van der Waals surface area contributed by atoms with E-state index in [1.807, 2.05) is 18.2 Å². The van der Waals surface area contributed by atoms with Crippen LogP contribution in [-0.2, 0) is 4.79 Å². The Hall–Kier alpha value is -3.21. The van der Waals surface area contributed by atoms with Crippen LogP contribution >= 0.6 is 0 Å². The van der Waals surface area contributed by atoms with Gasteiger partial charge >= 0.3 is 0 Å². The molecule has 1 aromatic heterocycles. The van der Waals surface area contributed by atoms with Crippen molar-refractivity contribution in [1.82, 2.24) is 15.3 Å². The van der Waals surface area contributed by atoms with Crippen LogP contribution in [-0.4, -0.2) is 35.5 Å². The number of aromatic nitrogens is 2. The van der Waals surface area contributed by atoms with Crippen molar-refractivity contribution in [2.75, 3.05) is 24.5 Å². The molecule has 30 heavy (non-hydrogen) atoms. The molecule has 1 aliphatic rings. The largest absolute Gasteiger partial charge is 0.356 e. The number of hydrogen-bond acceptors (Lipinski definition) is 4. The zero-order valence-corrected chi connectivity index (χ0v) is 17.2. The van der Waals surface area contributed by atoms with Crippen LogP contribution in [0.5, 0.6) is 0 Å². The van der Waals surface area contributed by atoms with E-state index in [4.69, 9.17) is 0 Å². The van der Waals surface area contributed by atoms with E-state index in [9.17, 15) is 4.79 Å². The molecular weight excluding hydrogens is 372 g/mol. The minimum absolute atomic E-state index is 0.0190. The molecule has 1 saturated heterocycles. The third kappa shape index (κ3) is 5.03. The number of carbonyl (C=O) groups excluding carboxylic acids is 1. The van der Waals surface area contributed by atoms with Gasteiger partial charge < -0.3 is 10.2 Å². The molecule has 1 aliphatic heterocycles. The maximum atomic E-state index is 12.9. The van der Waals surface area contributed by atoms with E-state index in [1.165, 1.54) is 11.1 Å². The van der Waals surface area contributed by atoms with E-state index in [-0.39, 0.29) is 17.7 Å². The molecule has 0 spiro atoms. The van der Waals surface area contributed by atoms with E-state index in [1.54, 1.807) is 12.4 Å². The second-order valence-electron chi connectivity index (χ2n) is 7.79. The second kappa shape index (κ2) is 10.0. The molecule has 154 valence electrons. The van der Waals surface area contributed by atoms with Crippen LogP contribution in [0, 0.1) is 5.92 Å². The first-order valence-electron chi connectivity index (χ1n) is 10.7. The maximum absolute atomic E-state index is 12.9. The number of benzene rings is 2. The van der Waals surface area contributed by atoms with E-state index in [0.29, 0.717) is 19.0 Å². The summed E-state index contributed by atoms with van der Waals surface area (Å²) in [7, 11) is 0. The van der Waals surface area contributed by atoms with E-state index in [0.717, 1.165) is 25.8 Å². The van der Waals surface area contributed by atoms with Crippen molar-refractivity contribution in [2.45, 2.75) is 25.2 Å². The van der Waals surface area contributed by atoms with Gasteiger partial charge in [-0.25, -0.2) is 9.97 Å². The summed E-state index contributed by atoms with van der Waals surface area (Å²) in [5.74, 6) is 1.10. The first-order chi connectivity index (χ1) is 14.8. The zero-order valence-electron chi connectivity index (χ0n) is 17.2. The van der Waals surface area contributed by atoms with Crippen LogP contribution in [0.15, 0.2) is 79.1 Å². The highest BCUT2D eigenvalue weighted by atomic mass is 16.1. The Morgan fingerprint density at radius 2 is 1.60 bits per heavy atom. The lowest BCUT2D eigenvalue weighted by atomic mass is 9.88. The summed E-state index contributed by atoms with van der Waals surface area (Å²) < 4.78 is 0. The van der Waals surface area contributed by atoms with Crippen molar-refractivity contribution in [3.63, 3.8) is 0 Å². The Morgan fingerprint density at radius 1 is 0.967 bits per heavy atom. The molecule has 0 unspecified atom stereocenters. The van der Waals surface area contributed by atoms with Gasteiger partial charge in [-0.15, -0.1) is 0 Å². The van der Waals surface area contributed by atoms with Gasteiger partial charge in [0.05, 0.1) is 5.92 Å². The number of carbonyl (C=O) groups is 1. The summed E-state index contributed by atoms with van der Waals surface area (Å²) in [5.41, 5.74) is 2.56. The van der Waals surface area contributed by atoms with E-state index in [2.05, 4.69) is 68.7 Å². The fourth-order valence-electron chi connectivity index (χ4n) is 4.21. The van der Waals surface area contributed by atoms with Crippen molar-refractivity contribution in [2.24, 2.45) is 5.92 Å². The molecule has 1 atom stereocenters. The van der Waals surface area contributed by atoms with Gasteiger partial charge in [0, 0.05) is 37.9 Å². The van der Waals surface area contributed by atoms with Gasteiger partial charge in [-0.3, -0.25) is 4.79 Å². The average molecular weight is 401 g/mol. The van der Waals surface area contributed by atoms with Crippen LogP contribution in [0.2, 0.25) is 0 Å². The molecule has 0 bridgehead atoms. The molecule has 1 N–H and O–H groups in total. The maximum Gasteiger partial charge on any atom is 0.225 e. The molecule has 0 saturated carbocycles. The average Bonchev–Trinajstić information content (AvgIpc) is 2.83. The molecular formula is C25H28N4O. The normalized spacial score (nSPS) is 16.4. The molecule has 1 amide bonds. The van der Waals surface area contributed by atoms with Crippen LogP contribution in [0.25, 0.3) is 0 Å². The zero-order chi connectivity index (χ0) is 20.6. The first kappa shape index (κ1) is 20.1. The van der Waals surface area contributed by atoms with Crippen molar-refractivity contribution in [3.8, 4) is 0 Å².